The van der Waals surface area contributed by atoms with E-state index in [0.29, 0.717) is 18.7 Å². The highest BCUT2D eigenvalue weighted by atomic mass is 35.5. The second-order valence-corrected chi connectivity index (χ2v) is 7.33. The van der Waals surface area contributed by atoms with E-state index in [2.05, 4.69) is 4.74 Å². The van der Waals surface area contributed by atoms with Crippen molar-refractivity contribution in [3.63, 3.8) is 0 Å². The Hall–Kier alpha value is -1.15. The van der Waals surface area contributed by atoms with Gasteiger partial charge in [-0.25, -0.2) is 13.2 Å². The average Bonchev–Trinajstić information content (AvgIpc) is 2.54. The standard InChI is InChI=1S/C15H22N2O4S.ClH/c1-11-6-7-12(15(18)21-2)9-14(11)22(19,20)17-8-4-3-5-13(17)10-16;/h6-7,9,13H,3-5,8,10,16H2,1-2H3;1H. The van der Waals surface area contributed by atoms with E-state index >= 15 is 0 Å². The molecular formula is C15H23ClN2O4S. The third-order valence-corrected chi connectivity index (χ3v) is 6.13. The molecule has 1 aliphatic heterocycles. The van der Waals surface area contributed by atoms with Crippen molar-refractivity contribution < 1.29 is 17.9 Å². The van der Waals surface area contributed by atoms with Crippen LogP contribution in [0.5, 0.6) is 0 Å². The van der Waals surface area contributed by atoms with Crippen molar-refractivity contribution in [1.82, 2.24) is 4.31 Å². The molecule has 0 radical (unpaired) electrons. The molecule has 1 heterocycles. The quantitative estimate of drug-likeness (QED) is 0.823. The summed E-state index contributed by atoms with van der Waals surface area (Å²) in [6.45, 7) is 2.48. The van der Waals surface area contributed by atoms with Gasteiger partial charge in [0.1, 0.15) is 0 Å². The van der Waals surface area contributed by atoms with Gasteiger partial charge < -0.3 is 10.5 Å². The van der Waals surface area contributed by atoms with Gasteiger partial charge in [-0.2, -0.15) is 4.31 Å². The van der Waals surface area contributed by atoms with E-state index < -0.39 is 16.0 Å². The SMILES string of the molecule is COC(=O)c1ccc(C)c(S(=O)(=O)N2CCCCC2CN)c1.Cl. The molecule has 130 valence electrons. The monoisotopic (exact) mass is 362 g/mol. The van der Waals surface area contributed by atoms with Gasteiger partial charge in [-0.05, 0) is 37.5 Å². The van der Waals surface area contributed by atoms with Crippen LogP contribution in [0.2, 0.25) is 0 Å². The third kappa shape index (κ3) is 4.03. The summed E-state index contributed by atoms with van der Waals surface area (Å²) in [6, 6.07) is 4.40. The average molecular weight is 363 g/mol. The Labute approximate surface area is 143 Å². The third-order valence-electron chi connectivity index (χ3n) is 4.04. The van der Waals surface area contributed by atoms with Gasteiger partial charge in [-0.15, -0.1) is 12.4 Å². The Kier molecular flexibility index (Phi) is 7.01. The zero-order valence-electron chi connectivity index (χ0n) is 13.3. The van der Waals surface area contributed by atoms with E-state index in [1.165, 1.54) is 17.5 Å². The number of halogens is 1. The second-order valence-electron chi connectivity index (χ2n) is 5.47. The summed E-state index contributed by atoms with van der Waals surface area (Å²) >= 11 is 0. The number of aryl methyl sites for hydroxylation is 1. The molecule has 8 heteroatoms. The number of methoxy groups -OCH3 is 1. The second kappa shape index (κ2) is 8.10. The molecule has 0 aromatic heterocycles. The van der Waals surface area contributed by atoms with Gasteiger partial charge in [-0.3, -0.25) is 0 Å². The molecule has 1 aromatic rings. The summed E-state index contributed by atoms with van der Waals surface area (Å²) in [5.41, 5.74) is 6.56. The predicted molar refractivity (Wildman–Crippen MR) is 90.4 cm³/mol. The molecule has 0 amide bonds. The largest absolute Gasteiger partial charge is 0.465 e. The minimum atomic E-state index is -3.67. The van der Waals surface area contributed by atoms with Gasteiger partial charge >= 0.3 is 5.97 Å². The van der Waals surface area contributed by atoms with Crippen molar-refractivity contribution in [2.45, 2.75) is 37.1 Å². The van der Waals surface area contributed by atoms with Gasteiger partial charge in [0.2, 0.25) is 10.0 Å². The molecule has 0 saturated carbocycles. The number of hydrogen-bond donors (Lipinski definition) is 1. The Morgan fingerprint density at radius 1 is 1.39 bits per heavy atom. The molecule has 23 heavy (non-hydrogen) atoms. The van der Waals surface area contributed by atoms with Crippen LogP contribution >= 0.6 is 12.4 Å². The van der Waals surface area contributed by atoms with Gasteiger partial charge in [0.15, 0.2) is 0 Å². The number of ether oxygens (including phenoxy) is 1. The van der Waals surface area contributed by atoms with Crippen LogP contribution < -0.4 is 5.73 Å². The Bertz CT molecular complexity index is 663. The van der Waals surface area contributed by atoms with Gasteiger partial charge in [0.25, 0.3) is 0 Å². The Morgan fingerprint density at radius 3 is 2.70 bits per heavy atom. The topological polar surface area (TPSA) is 89.7 Å². The molecule has 2 N–H and O–H groups in total. The lowest BCUT2D eigenvalue weighted by Crippen LogP contribution is -2.47. The lowest BCUT2D eigenvalue weighted by molar-refractivity contribution is 0.0600. The maximum Gasteiger partial charge on any atom is 0.337 e. The number of benzene rings is 1. The lowest BCUT2D eigenvalue weighted by atomic mass is 10.1. The first-order valence-corrected chi connectivity index (χ1v) is 8.76. The summed E-state index contributed by atoms with van der Waals surface area (Å²) in [5.74, 6) is -0.550. The van der Waals surface area contributed by atoms with Crippen molar-refractivity contribution in [3.05, 3.63) is 29.3 Å². The minimum absolute atomic E-state index is 0. The molecule has 1 unspecified atom stereocenters. The van der Waals surface area contributed by atoms with Crippen molar-refractivity contribution in [3.8, 4) is 0 Å². The van der Waals surface area contributed by atoms with Crippen molar-refractivity contribution >= 4 is 28.4 Å². The fraction of sp³-hybridized carbons (Fsp3) is 0.533. The molecule has 0 aliphatic carbocycles. The molecule has 1 aromatic carbocycles. The van der Waals surface area contributed by atoms with Crippen LogP contribution in [0.15, 0.2) is 23.1 Å². The Balaban J connectivity index is 0.00000264. The smallest absolute Gasteiger partial charge is 0.337 e. The molecule has 1 aliphatic rings. The van der Waals surface area contributed by atoms with Crippen LogP contribution in [0, 0.1) is 6.92 Å². The van der Waals surface area contributed by atoms with Crippen molar-refractivity contribution in [1.29, 1.82) is 0 Å². The van der Waals surface area contributed by atoms with Crippen LogP contribution in [0.1, 0.15) is 35.2 Å². The summed E-state index contributed by atoms with van der Waals surface area (Å²) in [6.07, 6.45) is 2.58. The van der Waals surface area contributed by atoms with Crippen LogP contribution in [0.3, 0.4) is 0 Å². The first-order chi connectivity index (χ1) is 10.4. The van der Waals surface area contributed by atoms with Gasteiger partial charge in [0, 0.05) is 19.1 Å². The number of carbonyl (C=O) groups excluding carboxylic acids is 1. The zero-order valence-corrected chi connectivity index (χ0v) is 15.0. The lowest BCUT2D eigenvalue weighted by Gasteiger charge is -2.34. The van der Waals surface area contributed by atoms with Crippen LogP contribution in [0.4, 0.5) is 0 Å². The molecule has 0 bridgehead atoms. The van der Waals surface area contributed by atoms with Crippen LogP contribution in [-0.2, 0) is 14.8 Å². The highest BCUT2D eigenvalue weighted by molar-refractivity contribution is 7.89. The van der Waals surface area contributed by atoms with E-state index in [4.69, 9.17) is 5.73 Å². The fourth-order valence-corrected chi connectivity index (χ4v) is 4.73. The summed E-state index contributed by atoms with van der Waals surface area (Å²) in [7, 11) is -2.40. The highest BCUT2D eigenvalue weighted by Gasteiger charge is 2.34. The molecular weight excluding hydrogens is 340 g/mol. The molecule has 2 rings (SSSR count). The van der Waals surface area contributed by atoms with Crippen molar-refractivity contribution in [2.24, 2.45) is 5.73 Å². The summed E-state index contributed by atoms with van der Waals surface area (Å²) in [5, 5.41) is 0. The summed E-state index contributed by atoms with van der Waals surface area (Å²) < 4.78 is 32.1. The first kappa shape index (κ1) is 19.9. The van der Waals surface area contributed by atoms with E-state index in [9.17, 15) is 13.2 Å². The molecule has 0 spiro atoms. The number of nitrogens with zero attached hydrogens (tertiary/aromatic N) is 1. The number of carbonyl (C=O) groups is 1. The first-order valence-electron chi connectivity index (χ1n) is 7.32. The number of hydrogen-bond acceptors (Lipinski definition) is 5. The fourth-order valence-electron chi connectivity index (χ4n) is 2.78. The maximum absolute atomic E-state index is 13.0. The van der Waals surface area contributed by atoms with Crippen LogP contribution in [-0.4, -0.2) is 44.9 Å². The zero-order chi connectivity index (χ0) is 16.3. The van der Waals surface area contributed by atoms with Gasteiger partial charge in [0.05, 0.1) is 17.6 Å². The number of nitrogens with two attached hydrogens (primary N) is 1. The normalized spacial score (nSPS) is 19.0. The predicted octanol–water partition coefficient (Wildman–Crippen LogP) is 1.71. The van der Waals surface area contributed by atoms with E-state index in [1.807, 2.05) is 0 Å². The molecule has 6 nitrogen and oxygen atoms in total. The highest BCUT2D eigenvalue weighted by Crippen LogP contribution is 2.27. The number of esters is 1. The Morgan fingerprint density at radius 2 is 2.09 bits per heavy atom. The number of sulfonamides is 1. The van der Waals surface area contributed by atoms with Crippen molar-refractivity contribution in [2.75, 3.05) is 20.2 Å². The van der Waals surface area contributed by atoms with E-state index in [1.54, 1.807) is 19.1 Å². The number of rotatable bonds is 4. The minimum Gasteiger partial charge on any atom is -0.465 e. The molecule has 1 fully saturated rings. The molecule has 1 atom stereocenters. The van der Waals surface area contributed by atoms with E-state index in [0.717, 1.165) is 19.3 Å². The van der Waals surface area contributed by atoms with Crippen LogP contribution in [0.25, 0.3) is 0 Å². The maximum atomic E-state index is 13.0. The number of piperidine rings is 1. The van der Waals surface area contributed by atoms with Gasteiger partial charge in [-0.1, -0.05) is 12.5 Å². The summed E-state index contributed by atoms with van der Waals surface area (Å²) in [4.78, 5) is 11.8. The van der Waals surface area contributed by atoms with E-state index in [-0.39, 0.29) is 28.9 Å². The molecule has 1 saturated heterocycles.